The molecule has 0 amide bonds. The van der Waals surface area contributed by atoms with E-state index in [0.717, 1.165) is 77.1 Å². The quantitative estimate of drug-likeness (QED) is 0.127. The van der Waals surface area contributed by atoms with Crippen molar-refractivity contribution in [3.8, 4) is 45.6 Å². The zero-order chi connectivity index (χ0) is 31.0. The van der Waals surface area contributed by atoms with Crippen molar-refractivity contribution in [2.45, 2.75) is 52.9 Å². The summed E-state index contributed by atoms with van der Waals surface area (Å²) in [6, 6.07) is 33.4. The van der Waals surface area contributed by atoms with Crippen LogP contribution in [0.5, 0.6) is 23.0 Å². The summed E-state index contributed by atoms with van der Waals surface area (Å²) in [6.07, 6.45) is 2.14. The van der Waals surface area contributed by atoms with Gasteiger partial charge in [-0.1, -0.05) is 74.0 Å². The molecule has 0 radical (unpaired) electrons. The van der Waals surface area contributed by atoms with Gasteiger partial charge in [-0.15, -0.1) is 0 Å². The van der Waals surface area contributed by atoms with E-state index >= 15 is 0 Å². The summed E-state index contributed by atoms with van der Waals surface area (Å²) >= 11 is 0. The second-order valence-electron chi connectivity index (χ2n) is 11.2. The van der Waals surface area contributed by atoms with Crippen LogP contribution in [0.3, 0.4) is 0 Å². The first-order chi connectivity index (χ1) is 22.1. The summed E-state index contributed by atoms with van der Waals surface area (Å²) in [5, 5.41) is 0. The number of hydrogen-bond acceptors (Lipinski definition) is 6. The fraction of sp³-hybridized carbons (Fsp3) is 0.289. The molecule has 0 atom stereocenters. The number of nitrogens with zero attached hydrogens (tertiary/aromatic N) is 3. The highest BCUT2D eigenvalue weighted by molar-refractivity contribution is 5.69. The molecular formula is C38H41N3O4. The molecule has 232 valence electrons. The monoisotopic (exact) mass is 603 g/mol. The fourth-order valence-electron chi connectivity index (χ4n) is 5.85. The van der Waals surface area contributed by atoms with Gasteiger partial charge >= 0.3 is 0 Å². The number of ether oxygens (including phenoxy) is 4. The van der Waals surface area contributed by atoms with Crippen LogP contribution in [0.25, 0.3) is 22.6 Å². The van der Waals surface area contributed by atoms with Gasteiger partial charge in [0.2, 0.25) is 6.79 Å². The molecule has 0 N–H and O–H groups in total. The molecule has 0 aliphatic carbocycles. The Bertz CT molecular complexity index is 1720. The molecular weight excluding hydrogens is 562 g/mol. The average molecular weight is 604 g/mol. The highest BCUT2D eigenvalue weighted by Gasteiger charge is 2.23. The Kier molecular flexibility index (Phi) is 9.66. The summed E-state index contributed by atoms with van der Waals surface area (Å²) < 4.78 is 25.2. The fourth-order valence-corrected chi connectivity index (χ4v) is 5.85. The molecule has 2 heterocycles. The van der Waals surface area contributed by atoms with Crippen molar-refractivity contribution in [1.82, 2.24) is 14.5 Å². The van der Waals surface area contributed by atoms with Crippen LogP contribution in [-0.4, -0.2) is 35.0 Å². The molecule has 6 rings (SSSR count). The third kappa shape index (κ3) is 7.15. The average Bonchev–Trinajstić information content (AvgIpc) is 3.69. The van der Waals surface area contributed by atoms with E-state index in [1.165, 1.54) is 11.3 Å². The predicted molar refractivity (Wildman–Crippen MR) is 178 cm³/mol. The third-order valence-corrected chi connectivity index (χ3v) is 8.02. The van der Waals surface area contributed by atoms with Crippen LogP contribution in [0.1, 0.15) is 43.5 Å². The van der Waals surface area contributed by atoms with Crippen molar-refractivity contribution in [3.05, 3.63) is 114 Å². The van der Waals surface area contributed by atoms with Crippen molar-refractivity contribution in [1.29, 1.82) is 0 Å². The smallest absolute Gasteiger partial charge is 0.231 e. The zero-order valence-electron chi connectivity index (χ0n) is 26.4. The van der Waals surface area contributed by atoms with Crippen molar-refractivity contribution < 1.29 is 18.9 Å². The molecule has 1 aliphatic rings. The number of benzene rings is 4. The van der Waals surface area contributed by atoms with E-state index in [9.17, 15) is 0 Å². The summed E-state index contributed by atoms with van der Waals surface area (Å²) in [5.41, 5.74) is 6.65. The summed E-state index contributed by atoms with van der Waals surface area (Å²) in [5.74, 6) is 4.27. The van der Waals surface area contributed by atoms with Crippen LogP contribution in [0.2, 0.25) is 0 Å². The molecule has 1 aliphatic heterocycles. The predicted octanol–water partition coefficient (Wildman–Crippen LogP) is 8.36. The third-order valence-electron chi connectivity index (χ3n) is 8.02. The lowest BCUT2D eigenvalue weighted by molar-refractivity contribution is 0.174. The minimum atomic E-state index is 0.259. The lowest BCUT2D eigenvalue weighted by atomic mass is 10.1. The van der Waals surface area contributed by atoms with Crippen molar-refractivity contribution in [2.75, 3.05) is 20.5 Å². The number of methoxy groups -OCH3 is 1. The molecule has 45 heavy (non-hydrogen) atoms. The van der Waals surface area contributed by atoms with E-state index in [1.54, 1.807) is 7.11 Å². The first-order valence-electron chi connectivity index (χ1n) is 15.8. The van der Waals surface area contributed by atoms with Crippen LogP contribution in [0.15, 0.2) is 97.1 Å². The Morgan fingerprint density at radius 1 is 0.756 bits per heavy atom. The number of rotatable bonds is 14. The lowest BCUT2D eigenvalue weighted by Gasteiger charge is -2.25. The second-order valence-corrected chi connectivity index (χ2v) is 11.2. The summed E-state index contributed by atoms with van der Waals surface area (Å²) in [6.45, 7) is 8.15. The van der Waals surface area contributed by atoms with Gasteiger partial charge in [0.05, 0.1) is 25.1 Å². The minimum absolute atomic E-state index is 0.259. The highest BCUT2D eigenvalue weighted by atomic mass is 16.7. The number of imidazole rings is 1. The standard InChI is InChI=1S/C38H41N3O4/c1-4-6-20-41-34(37(31-15-11-16-32(23-31)42-3)39-38(41)30-13-8-7-9-14-30)26-40(24-28-12-10-17-33(21-28)43-5-2)25-29-18-19-35-36(22-29)45-27-44-35/h7-19,21-23H,4-6,20,24-27H2,1-3H3. The number of fused-ring (bicyclic) bond motifs is 1. The largest absolute Gasteiger partial charge is 0.497 e. The molecule has 0 saturated heterocycles. The normalized spacial score (nSPS) is 12.1. The van der Waals surface area contributed by atoms with Gasteiger partial charge in [-0.3, -0.25) is 4.90 Å². The number of hydrogen-bond donors (Lipinski definition) is 0. The van der Waals surface area contributed by atoms with E-state index in [2.05, 4.69) is 89.2 Å². The van der Waals surface area contributed by atoms with Gasteiger partial charge in [-0.2, -0.15) is 0 Å². The lowest BCUT2D eigenvalue weighted by Crippen LogP contribution is -2.24. The van der Waals surface area contributed by atoms with E-state index in [4.69, 9.17) is 23.9 Å². The Morgan fingerprint density at radius 2 is 1.51 bits per heavy atom. The summed E-state index contributed by atoms with van der Waals surface area (Å²) in [7, 11) is 1.71. The van der Waals surface area contributed by atoms with E-state index in [0.29, 0.717) is 19.7 Å². The molecule has 5 aromatic rings. The Labute approximate surface area is 266 Å². The molecule has 4 aromatic carbocycles. The number of aromatic nitrogens is 2. The van der Waals surface area contributed by atoms with Crippen molar-refractivity contribution in [3.63, 3.8) is 0 Å². The Hall–Kier alpha value is -4.75. The molecule has 0 spiro atoms. The first-order valence-corrected chi connectivity index (χ1v) is 15.8. The molecule has 1 aromatic heterocycles. The molecule has 7 nitrogen and oxygen atoms in total. The Balaban J connectivity index is 1.45. The van der Waals surface area contributed by atoms with Crippen LogP contribution in [-0.2, 0) is 26.2 Å². The maximum Gasteiger partial charge on any atom is 0.231 e. The van der Waals surface area contributed by atoms with Crippen LogP contribution in [0.4, 0.5) is 0 Å². The summed E-state index contributed by atoms with van der Waals surface area (Å²) in [4.78, 5) is 7.83. The number of unbranched alkanes of at least 4 members (excludes halogenated alkanes) is 1. The van der Waals surface area contributed by atoms with Gasteiger partial charge < -0.3 is 23.5 Å². The zero-order valence-corrected chi connectivity index (χ0v) is 26.4. The highest BCUT2D eigenvalue weighted by Crippen LogP contribution is 2.35. The van der Waals surface area contributed by atoms with Gasteiger partial charge in [0.1, 0.15) is 17.3 Å². The van der Waals surface area contributed by atoms with Crippen LogP contribution < -0.4 is 18.9 Å². The van der Waals surface area contributed by atoms with Gasteiger partial charge in [-0.25, -0.2) is 4.98 Å². The van der Waals surface area contributed by atoms with Crippen LogP contribution >= 0.6 is 0 Å². The maximum atomic E-state index is 5.85. The topological polar surface area (TPSA) is 58.0 Å². The van der Waals surface area contributed by atoms with Gasteiger partial charge in [0.25, 0.3) is 0 Å². The van der Waals surface area contributed by atoms with Gasteiger partial charge in [0, 0.05) is 37.3 Å². The maximum absolute atomic E-state index is 5.85. The molecule has 7 heteroatoms. The van der Waals surface area contributed by atoms with E-state index in [1.807, 2.05) is 31.2 Å². The van der Waals surface area contributed by atoms with Gasteiger partial charge in [-0.05, 0) is 60.9 Å². The van der Waals surface area contributed by atoms with E-state index in [-0.39, 0.29) is 6.79 Å². The minimum Gasteiger partial charge on any atom is -0.497 e. The molecule has 0 bridgehead atoms. The molecule has 0 unspecified atom stereocenters. The second kappa shape index (κ2) is 14.4. The molecule has 0 saturated carbocycles. The molecule has 0 fully saturated rings. The van der Waals surface area contributed by atoms with Crippen molar-refractivity contribution in [2.24, 2.45) is 0 Å². The van der Waals surface area contributed by atoms with Crippen molar-refractivity contribution >= 4 is 0 Å². The first kappa shape index (κ1) is 30.3. The van der Waals surface area contributed by atoms with E-state index < -0.39 is 0 Å². The van der Waals surface area contributed by atoms with Crippen LogP contribution in [0, 0.1) is 0 Å². The Morgan fingerprint density at radius 3 is 2.31 bits per heavy atom. The SMILES string of the molecule is CCCCn1c(-c2ccccc2)nc(-c2cccc(OC)c2)c1CN(Cc1cccc(OCC)c1)Cc1ccc2c(c1)OCO2. The van der Waals surface area contributed by atoms with Gasteiger partial charge in [0.15, 0.2) is 11.5 Å².